The molecular weight excluding hydrogens is 400 g/mol. The van der Waals surface area contributed by atoms with Crippen LogP contribution in [0.4, 0.5) is 0 Å². The number of hydrogen-bond donors (Lipinski definition) is 0. The van der Waals surface area contributed by atoms with Crippen molar-refractivity contribution in [3.05, 3.63) is 144 Å². The van der Waals surface area contributed by atoms with Crippen molar-refractivity contribution >= 4 is 5.57 Å². The average Bonchev–Trinajstić information content (AvgIpc) is 3.35. The van der Waals surface area contributed by atoms with E-state index in [9.17, 15) is 0 Å². The minimum atomic E-state index is -0.338. The molecule has 0 N–H and O–H groups in total. The Morgan fingerprint density at radius 2 is 1.21 bits per heavy atom. The van der Waals surface area contributed by atoms with Gasteiger partial charge in [0, 0.05) is 5.56 Å². The topological polar surface area (TPSA) is 9.23 Å². The van der Waals surface area contributed by atoms with Crippen molar-refractivity contribution < 1.29 is 4.74 Å². The Kier molecular flexibility index (Phi) is 3.75. The summed E-state index contributed by atoms with van der Waals surface area (Å²) in [5.41, 5.74) is 12.2. The molecule has 0 fully saturated rings. The largest absolute Gasteiger partial charge is 0.489 e. The molecule has 0 saturated heterocycles. The molecule has 4 aromatic rings. The second-order valence-electron chi connectivity index (χ2n) is 8.87. The van der Waals surface area contributed by atoms with Crippen LogP contribution < -0.4 is 4.74 Å². The lowest BCUT2D eigenvalue weighted by Crippen LogP contribution is -2.25. The number of allylic oxidation sites excluding steroid dienone is 4. The number of rotatable bonds is 0. The van der Waals surface area contributed by atoms with E-state index < -0.39 is 0 Å². The van der Waals surface area contributed by atoms with E-state index >= 15 is 0 Å². The zero-order valence-corrected chi connectivity index (χ0v) is 18.2. The Morgan fingerprint density at radius 1 is 0.606 bits per heavy atom. The first-order valence-corrected chi connectivity index (χ1v) is 11.4. The van der Waals surface area contributed by atoms with Gasteiger partial charge in [-0.15, -0.1) is 0 Å². The first-order chi connectivity index (χ1) is 16.3. The molecule has 0 bridgehead atoms. The number of hydrogen-bond acceptors (Lipinski definition) is 1. The SMILES string of the molecule is C=C1/C=C\C=C/COc2ccc3c(c21)-c1ccccc1C31c2ccccc2-c2ccccc21. The monoisotopic (exact) mass is 422 g/mol. The van der Waals surface area contributed by atoms with Crippen molar-refractivity contribution in [1.82, 2.24) is 0 Å². The van der Waals surface area contributed by atoms with Crippen LogP contribution in [0.15, 0.2) is 116 Å². The van der Waals surface area contributed by atoms with Gasteiger partial charge in [0.25, 0.3) is 0 Å². The molecule has 3 aliphatic rings. The van der Waals surface area contributed by atoms with E-state index in [4.69, 9.17) is 4.74 Å². The number of ether oxygens (including phenoxy) is 1. The fraction of sp³-hybridized carbons (Fsp3) is 0.0625. The molecule has 7 rings (SSSR count). The summed E-state index contributed by atoms with van der Waals surface area (Å²) in [6.45, 7) is 5.00. The molecule has 0 atom stereocenters. The van der Waals surface area contributed by atoms with Crippen LogP contribution in [-0.4, -0.2) is 6.61 Å². The molecule has 0 radical (unpaired) electrons. The molecule has 0 saturated carbocycles. The molecule has 1 heteroatoms. The highest BCUT2D eigenvalue weighted by Crippen LogP contribution is 2.64. The third kappa shape index (κ3) is 2.27. The highest BCUT2D eigenvalue weighted by Gasteiger charge is 2.52. The quantitative estimate of drug-likeness (QED) is 0.246. The molecule has 0 amide bonds. The molecule has 33 heavy (non-hydrogen) atoms. The van der Waals surface area contributed by atoms with Crippen LogP contribution in [0.2, 0.25) is 0 Å². The zero-order valence-electron chi connectivity index (χ0n) is 18.2. The molecule has 0 aromatic heterocycles. The van der Waals surface area contributed by atoms with Crippen molar-refractivity contribution in [2.24, 2.45) is 0 Å². The molecular formula is C32H22O. The van der Waals surface area contributed by atoms with Crippen molar-refractivity contribution in [3.63, 3.8) is 0 Å². The second-order valence-corrected chi connectivity index (χ2v) is 8.87. The summed E-state index contributed by atoms with van der Waals surface area (Å²) in [6, 6.07) is 31.1. The maximum absolute atomic E-state index is 6.22. The molecule has 0 unspecified atom stereocenters. The van der Waals surface area contributed by atoms with Crippen LogP contribution in [0.3, 0.4) is 0 Å². The van der Waals surface area contributed by atoms with Crippen LogP contribution in [0.1, 0.15) is 27.8 Å². The highest BCUT2D eigenvalue weighted by atomic mass is 16.5. The third-order valence-corrected chi connectivity index (χ3v) is 7.32. The third-order valence-electron chi connectivity index (χ3n) is 7.32. The van der Waals surface area contributed by atoms with E-state index in [0.29, 0.717) is 6.61 Å². The fourth-order valence-electron chi connectivity index (χ4n) is 6.13. The van der Waals surface area contributed by atoms with Gasteiger partial charge < -0.3 is 4.74 Å². The lowest BCUT2D eigenvalue weighted by Gasteiger charge is -2.30. The Hall–Kier alpha value is -4.10. The Balaban J connectivity index is 1.66. The summed E-state index contributed by atoms with van der Waals surface area (Å²) in [6.07, 6.45) is 8.20. The van der Waals surface area contributed by atoms with Crippen molar-refractivity contribution in [3.8, 4) is 28.0 Å². The van der Waals surface area contributed by atoms with E-state index in [2.05, 4.69) is 104 Å². The van der Waals surface area contributed by atoms with Gasteiger partial charge >= 0.3 is 0 Å². The minimum absolute atomic E-state index is 0.338. The predicted molar refractivity (Wildman–Crippen MR) is 136 cm³/mol. The normalized spacial score (nSPS) is 18.0. The Labute approximate surface area is 194 Å². The second kappa shape index (κ2) is 6.70. The van der Waals surface area contributed by atoms with Crippen molar-refractivity contribution in [2.75, 3.05) is 6.61 Å². The zero-order chi connectivity index (χ0) is 22.0. The van der Waals surface area contributed by atoms with Gasteiger partial charge in [0.05, 0.1) is 5.41 Å². The first kappa shape index (κ1) is 18.5. The molecule has 156 valence electrons. The van der Waals surface area contributed by atoms with E-state index in [1.54, 1.807) is 0 Å². The maximum atomic E-state index is 6.22. The standard InChI is InChI=1S/C32H22O/c1-21-11-3-2-10-20-33-29-19-18-28-31(30(21)29)24-14-6-9-17-27(24)32(28)25-15-7-4-12-22(25)23-13-5-8-16-26(23)32/h2-19H,1,20H2/b10-2-,11-3-. The molecule has 1 nitrogen and oxygen atoms in total. The van der Waals surface area contributed by atoms with Gasteiger partial charge in [0.2, 0.25) is 0 Å². The van der Waals surface area contributed by atoms with E-state index in [1.165, 1.54) is 44.5 Å². The van der Waals surface area contributed by atoms with Gasteiger partial charge in [-0.3, -0.25) is 0 Å². The summed E-state index contributed by atoms with van der Waals surface area (Å²) in [5.74, 6) is 0.890. The molecule has 1 heterocycles. The van der Waals surface area contributed by atoms with Crippen LogP contribution in [-0.2, 0) is 5.41 Å². The summed E-state index contributed by atoms with van der Waals surface area (Å²) in [5, 5.41) is 0. The van der Waals surface area contributed by atoms with Gasteiger partial charge in [-0.25, -0.2) is 0 Å². The number of fused-ring (bicyclic) bond motifs is 12. The Morgan fingerprint density at radius 3 is 1.91 bits per heavy atom. The van der Waals surface area contributed by atoms with Gasteiger partial charge in [-0.1, -0.05) is 104 Å². The van der Waals surface area contributed by atoms with Crippen LogP contribution >= 0.6 is 0 Å². The summed E-state index contributed by atoms with van der Waals surface area (Å²) >= 11 is 0. The van der Waals surface area contributed by atoms with Crippen LogP contribution in [0.5, 0.6) is 5.75 Å². The van der Waals surface area contributed by atoms with E-state index in [1.807, 2.05) is 12.2 Å². The molecule has 4 aromatic carbocycles. The summed E-state index contributed by atoms with van der Waals surface area (Å²) in [4.78, 5) is 0. The minimum Gasteiger partial charge on any atom is -0.489 e. The summed E-state index contributed by atoms with van der Waals surface area (Å²) in [7, 11) is 0. The van der Waals surface area contributed by atoms with Crippen molar-refractivity contribution in [2.45, 2.75) is 5.41 Å². The van der Waals surface area contributed by atoms with Crippen LogP contribution in [0, 0.1) is 0 Å². The first-order valence-electron chi connectivity index (χ1n) is 11.4. The highest BCUT2D eigenvalue weighted by molar-refractivity contribution is 6.00. The molecule has 1 spiro atoms. The van der Waals surface area contributed by atoms with Gasteiger partial charge in [0.15, 0.2) is 0 Å². The van der Waals surface area contributed by atoms with Gasteiger partial charge in [0.1, 0.15) is 12.4 Å². The van der Waals surface area contributed by atoms with Crippen molar-refractivity contribution in [1.29, 1.82) is 0 Å². The van der Waals surface area contributed by atoms with E-state index in [-0.39, 0.29) is 5.41 Å². The molecule has 2 aliphatic carbocycles. The Bertz CT molecular complexity index is 1490. The lowest BCUT2D eigenvalue weighted by atomic mass is 9.70. The number of benzene rings is 4. The maximum Gasteiger partial charge on any atom is 0.128 e. The predicted octanol–water partition coefficient (Wildman–Crippen LogP) is 7.55. The lowest BCUT2D eigenvalue weighted by molar-refractivity contribution is 0.362. The van der Waals surface area contributed by atoms with Crippen LogP contribution in [0.25, 0.3) is 27.8 Å². The van der Waals surface area contributed by atoms with Gasteiger partial charge in [-0.05, 0) is 62.2 Å². The van der Waals surface area contributed by atoms with Gasteiger partial charge in [-0.2, -0.15) is 0 Å². The smallest absolute Gasteiger partial charge is 0.128 e. The fourth-order valence-corrected chi connectivity index (χ4v) is 6.13. The molecule has 1 aliphatic heterocycles. The average molecular weight is 423 g/mol. The summed E-state index contributed by atoms with van der Waals surface area (Å²) < 4.78 is 6.22. The van der Waals surface area contributed by atoms with E-state index in [0.717, 1.165) is 16.9 Å².